The lowest BCUT2D eigenvalue weighted by Crippen LogP contribution is -2.25. The fraction of sp³-hybridized carbons (Fsp3) is 0.185. The second kappa shape index (κ2) is 9.20. The number of nitrogens with zero attached hydrogens (tertiary/aromatic N) is 2. The van der Waals surface area contributed by atoms with Gasteiger partial charge in [-0.2, -0.15) is 0 Å². The van der Waals surface area contributed by atoms with Crippen LogP contribution in [0.4, 0.5) is 5.69 Å². The summed E-state index contributed by atoms with van der Waals surface area (Å²) in [5, 5.41) is 8.05. The molecule has 6 heteroatoms. The molecule has 4 aromatic rings. The first-order chi connectivity index (χ1) is 16.2. The zero-order valence-corrected chi connectivity index (χ0v) is 18.1. The highest BCUT2D eigenvalue weighted by Crippen LogP contribution is 2.48. The normalized spacial score (nSPS) is 16.8. The Kier molecular flexibility index (Phi) is 5.81. The summed E-state index contributed by atoms with van der Waals surface area (Å²) in [6, 6.07) is 21.1. The minimum Gasteiger partial charge on any atom is -0.352 e. The van der Waals surface area contributed by atoms with E-state index >= 15 is 0 Å². The molecule has 2 N–H and O–H groups in total. The monoisotopic (exact) mass is 436 g/mol. The van der Waals surface area contributed by atoms with Crippen LogP contribution in [0.5, 0.6) is 0 Å². The predicted octanol–water partition coefficient (Wildman–Crippen LogP) is 4.34. The fourth-order valence-electron chi connectivity index (χ4n) is 4.08. The van der Waals surface area contributed by atoms with Crippen LogP contribution in [0.2, 0.25) is 0 Å². The average molecular weight is 437 g/mol. The fourth-order valence-corrected chi connectivity index (χ4v) is 4.08. The number of benzene rings is 2. The van der Waals surface area contributed by atoms with Gasteiger partial charge in [0.05, 0.1) is 0 Å². The topological polar surface area (TPSA) is 84.0 Å². The molecule has 0 saturated heterocycles. The molecule has 33 heavy (non-hydrogen) atoms. The molecule has 2 amide bonds. The van der Waals surface area contributed by atoms with Crippen LogP contribution >= 0.6 is 0 Å². The quantitative estimate of drug-likeness (QED) is 0.451. The highest BCUT2D eigenvalue weighted by atomic mass is 16.2. The van der Waals surface area contributed by atoms with Gasteiger partial charge in [0.1, 0.15) is 0 Å². The number of carbonyl (C=O) groups is 2. The molecule has 1 saturated carbocycles. The molecule has 5 rings (SSSR count). The summed E-state index contributed by atoms with van der Waals surface area (Å²) in [5.41, 5.74) is 3.45. The number of hydrogen-bond donors (Lipinski definition) is 2. The van der Waals surface area contributed by atoms with Crippen molar-refractivity contribution in [1.82, 2.24) is 15.3 Å². The van der Waals surface area contributed by atoms with Crippen molar-refractivity contribution in [2.75, 3.05) is 11.9 Å². The molecule has 0 aliphatic heterocycles. The van der Waals surface area contributed by atoms with Crippen LogP contribution in [0.3, 0.4) is 0 Å². The SMILES string of the molecule is O=C(NCCc1ccccn1)c1ccc(C2C[C@H]2C(=O)Nc2ccc3cnccc3c2)cc1. The van der Waals surface area contributed by atoms with Crippen molar-refractivity contribution in [3.63, 3.8) is 0 Å². The summed E-state index contributed by atoms with van der Waals surface area (Å²) in [7, 11) is 0. The van der Waals surface area contributed by atoms with E-state index in [1.807, 2.05) is 72.9 Å². The van der Waals surface area contributed by atoms with E-state index in [-0.39, 0.29) is 23.7 Å². The summed E-state index contributed by atoms with van der Waals surface area (Å²) in [6.07, 6.45) is 6.81. The van der Waals surface area contributed by atoms with Gasteiger partial charge >= 0.3 is 0 Å². The Hall–Kier alpha value is -4.06. The van der Waals surface area contributed by atoms with E-state index in [4.69, 9.17) is 0 Å². The number of aromatic nitrogens is 2. The van der Waals surface area contributed by atoms with Crippen LogP contribution in [0, 0.1) is 5.92 Å². The van der Waals surface area contributed by atoms with Gasteiger partial charge in [0.15, 0.2) is 0 Å². The lowest BCUT2D eigenvalue weighted by Gasteiger charge is -2.08. The van der Waals surface area contributed by atoms with E-state index in [1.165, 1.54) is 0 Å². The van der Waals surface area contributed by atoms with Crippen molar-refractivity contribution in [2.45, 2.75) is 18.8 Å². The molecule has 2 atom stereocenters. The van der Waals surface area contributed by atoms with Gasteiger partial charge < -0.3 is 10.6 Å². The second-order valence-corrected chi connectivity index (χ2v) is 8.32. The largest absolute Gasteiger partial charge is 0.352 e. The van der Waals surface area contributed by atoms with Gasteiger partial charge in [-0.25, -0.2) is 0 Å². The first-order valence-corrected chi connectivity index (χ1v) is 11.1. The molecular weight excluding hydrogens is 412 g/mol. The number of amides is 2. The van der Waals surface area contributed by atoms with Crippen molar-refractivity contribution < 1.29 is 9.59 Å². The van der Waals surface area contributed by atoms with Crippen LogP contribution in [0.25, 0.3) is 10.8 Å². The van der Waals surface area contributed by atoms with Crippen molar-refractivity contribution in [1.29, 1.82) is 0 Å². The minimum atomic E-state index is -0.103. The molecule has 164 valence electrons. The van der Waals surface area contributed by atoms with E-state index in [9.17, 15) is 9.59 Å². The van der Waals surface area contributed by atoms with Crippen molar-refractivity contribution in [3.8, 4) is 0 Å². The van der Waals surface area contributed by atoms with Gasteiger partial charge in [0, 0.05) is 59.8 Å². The highest BCUT2D eigenvalue weighted by Gasteiger charge is 2.43. The predicted molar refractivity (Wildman–Crippen MR) is 128 cm³/mol. The molecule has 0 bridgehead atoms. The molecule has 2 heterocycles. The molecule has 1 unspecified atom stereocenters. The van der Waals surface area contributed by atoms with E-state index in [2.05, 4.69) is 20.6 Å². The Morgan fingerprint density at radius 1 is 0.939 bits per heavy atom. The number of rotatable bonds is 7. The molecule has 2 aromatic carbocycles. The Morgan fingerprint density at radius 3 is 2.64 bits per heavy atom. The molecule has 6 nitrogen and oxygen atoms in total. The third kappa shape index (κ3) is 4.90. The number of anilines is 1. The number of hydrogen-bond acceptors (Lipinski definition) is 4. The zero-order valence-electron chi connectivity index (χ0n) is 18.1. The van der Waals surface area contributed by atoms with Crippen LogP contribution in [0.1, 0.15) is 34.0 Å². The average Bonchev–Trinajstić information content (AvgIpc) is 3.66. The van der Waals surface area contributed by atoms with Gasteiger partial charge in [0.25, 0.3) is 5.91 Å². The highest BCUT2D eigenvalue weighted by molar-refractivity contribution is 5.97. The number of pyridine rings is 2. The maximum absolute atomic E-state index is 12.7. The Balaban J connectivity index is 1.14. The lowest BCUT2D eigenvalue weighted by atomic mass is 10.1. The van der Waals surface area contributed by atoms with Gasteiger partial charge in [-0.3, -0.25) is 19.6 Å². The Bertz CT molecular complexity index is 1290. The third-order valence-electron chi connectivity index (χ3n) is 6.03. The van der Waals surface area contributed by atoms with Crippen molar-refractivity contribution in [2.24, 2.45) is 5.92 Å². The Labute approximate surface area is 192 Å². The van der Waals surface area contributed by atoms with Crippen LogP contribution < -0.4 is 10.6 Å². The lowest BCUT2D eigenvalue weighted by molar-refractivity contribution is -0.117. The number of nitrogens with one attached hydrogen (secondary N) is 2. The molecule has 1 aliphatic rings. The van der Waals surface area contributed by atoms with Crippen molar-refractivity contribution >= 4 is 28.3 Å². The number of fused-ring (bicyclic) bond motifs is 1. The summed E-state index contributed by atoms with van der Waals surface area (Å²) in [4.78, 5) is 33.5. The Morgan fingerprint density at radius 2 is 1.82 bits per heavy atom. The van der Waals surface area contributed by atoms with Gasteiger partial charge in [-0.15, -0.1) is 0 Å². The summed E-state index contributed by atoms with van der Waals surface area (Å²) < 4.78 is 0. The van der Waals surface area contributed by atoms with Gasteiger partial charge in [-0.05, 0) is 65.8 Å². The maximum atomic E-state index is 12.7. The van der Waals surface area contributed by atoms with Crippen molar-refractivity contribution in [3.05, 3.63) is 102 Å². The molecule has 1 aliphatic carbocycles. The summed E-state index contributed by atoms with van der Waals surface area (Å²) in [6.45, 7) is 0.535. The van der Waals surface area contributed by atoms with E-state index in [0.717, 1.165) is 34.1 Å². The first kappa shape index (κ1) is 20.8. The van der Waals surface area contributed by atoms with E-state index in [0.29, 0.717) is 18.5 Å². The zero-order chi connectivity index (χ0) is 22.6. The van der Waals surface area contributed by atoms with E-state index < -0.39 is 0 Å². The minimum absolute atomic E-state index is 0.0322. The summed E-state index contributed by atoms with van der Waals surface area (Å²) >= 11 is 0. The first-order valence-electron chi connectivity index (χ1n) is 11.1. The molecule has 2 aromatic heterocycles. The van der Waals surface area contributed by atoms with Gasteiger partial charge in [0.2, 0.25) is 5.91 Å². The molecule has 1 fully saturated rings. The van der Waals surface area contributed by atoms with Crippen LogP contribution in [-0.2, 0) is 11.2 Å². The smallest absolute Gasteiger partial charge is 0.251 e. The third-order valence-corrected chi connectivity index (χ3v) is 6.03. The number of carbonyl (C=O) groups excluding carboxylic acids is 2. The molecular formula is C27H24N4O2. The van der Waals surface area contributed by atoms with Crippen LogP contribution in [0.15, 0.2) is 85.3 Å². The second-order valence-electron chi connectivity index (χ2n) is 8.32. The molecule has 0 spiro atoms. The van der Waals surface area contributed by atoms with Crippen LogP contribution in [-0.4, -0.2) is 28.3 Å². The summed E-state index contributed by atoms with van der Waals surface area (Å²) in [5.74, 6) is 0.0749. The standard InChI is InChI=1S/C27H24N4O2/c32-26(30-14-11-22-3-1-2-12-29-22)19-6-4-18(5-7-19)24-16-25(24)27(33)31-23-9-8-21-17-28-13-10-20(21)15-23/h1-10,12-13,15,17,24-25H,11,14,16H2,(H,30,32)(H,31,33)/t24?,25-/m1/s1. The van der Waals surface area contributed by atoms with Gasteiger partial charge in [-0.1, -0.05) is 24.3 Å². The maximum Gasteiger partial charge on any atom is 0.251 e. The molecule has 0 radical (unpaired) electrons. The van der Waals surface area contributed by atoms with E-state index in [1.54, 1.807) is 12.4 Å².